The first kappa shape index (κ1) is 17.6. The van der Waals surface area contributed by atoms with Crippen LogP contribution < -0.4 is 16.0 Å². The van der Waals surface area contributed by atoms with Gasteiger partial charge < -0.3 is 16.0 Å². The molecule has 3 rings (SSSR count). The molecule has 0 spiro atoms. The minimum absolute atomic E-state index is 0. The summed E-state index contributed by atoms with van der Waals surface area (Å²) in [6.45, 7) is 2.91. The molecule has 0 aliphatic carbocycles. The summed E-state index contributed by atoms with van der Waals surface area (Å²) < 4.78 is 0. The van der Waals surface area contributed by atoms with Crippen molar-refractivity contribution in [1.82, 2.24) is 0 Å². The van der Waals surface area contributed by atoms with Crippen molar-refractivity contribution in [1.29, 1.82) is 0 Å². The van der Waals surface area contributed by atoms with Crippen molar-refractivity contribution in [3.63, 3.8) is 0 Å². The van der Waals surface area contributed by atoms with E-state index in [9.17, 15) is 0 Å². The van der Waals surface area contributed by atoms with Crippen LogP contribution in [0.15, 0.2) is 65.7 Å². The molecule has 23 heavy (non-hydrogen) atoms. The average Bonchev–Trinajstić information content (AvgIpc) is 3.04. The first-order valence-corrected chi connectivity index (χ1v) is 7.73. The Kier molecular flexibility index (Phi) is 6.70. The zero-order chi connectivity index (χ0) is 15.2. The zero-order valence-electron chi connectivity index (χ0n) is 13.1. The highest BCUT2D eigenvalue weighted by Crippen LogP contribution is 2.23. The molecule has 4 nitrogen and oxygen atoms in total. The van der Waals surface area contributed by atoms with Crippen LogP contribution in [0.2, 0.25) is 0 Å². The molecule has 1 fully saturated rings. The molecule has 2 aromatic rings. The largest absolute Gasteiger partial charge is 0.371 e. The third-order valence-corrected chi connectivity index (χ3v) is 3.97. The maximum absolute atomic E-state index is 5.95. The van der Waals surface area contributed by atoms with E-state index in [1.165, 1.54) is 5.69 Å². The smallest absolute Gasteiger partial charge is 0.193 e. The Morgan fingerprint density at radius 2 is 1.74 bits per heavy atom. The van der Waals surface area contributed by atoms with E-state index in [4.69, 9.17) is 5.73 Å². The number of para-hydroxylation sites is 2. The van der Waals surface area contributed by atoms with Gasteiger partial charge in [-0.1, -0.05) is 36.4 Å². The van der Waals surface area contributed by atoms with Gasteiger partial charge in [0.05, 0.1) is 0 Å². The average molecular weight is 422 g/mol. The van der Waals surface area contributed by atoms with Gasteiger partial charge >= 0.3 is 0 Å². The van der Waals surface area contributed by atoms with Crippen molar-refractivity contribution in [2.45, 2.75) is 6.42 Å². The van der Waals surface area contributed by atoms with Crippen LogP contribution in [0.4, 0.5) is 11.4 Å². The number of aliphatic imine (C=N–C) groups is 1. The molecule has 0 radical (unpaired) electrons. The molecule has 1 unspecified atom stereocenters. The van der Waals surface area contributed by atoms with Crippen LogP contribution in [0, 0.1) is 5.92 Å². The van der Waals surface area contributed by atoms with Crippen LogP contribution in [0.5, 0.6) is 0 Å². The first-order chi connectivity index (χ1) is 10.8. The molecule has 1 aliphatic heterocycles. The van der Waals surface area contributed by atoms with E-state index in [0.717, 1.165) is 31.7 Å². The van der Waals surface area contributed by atoms with Crippen molar-refractivity contribution in [3.8, 4) is 0 Å². The minimum Gasteiger partial charge on any atom is -0.371 e. The number of nitrogens with two attached hydrogens (primary N) is 1. The van der Waals surface area contributed by atoms with Gasteiger partial charge in [-0.25, -0.2) is 0 Å². The van der Waals surface area contributed by atoms with Gasteiger partial charge in [0.2, 0.25) is 0 Å². The quantitative estimate of drug-likeness (QED) is 0.450. The van der Waals surface area contributed by atoms with Crippen LogP contribution in [0.1, 0.15) is 6.42 Å². The lowest BCUT2D eigenvalue weighted by molar-refractivity contribution is 0.603. The Hall–Kier alpha value is -1.76. The lowest BCUT2D eigenvalue weighted by Crippen LogP contribution is -2.24. The van der Waals surface area contributed by atoms with E-state index in [2.05, 4.69) is 45.5 Å². The van der Waals surface area contributed by atoms with E-state index >= 15 is 0 Å². The predicted molar refractivity (Wildman–Crippen MR) is 109 cm³/mol. The van der Waals surface area contributed by atoms with Crippen LogP contribution in [0.25, 0.3) is 0 Å². The summed E-state index contributed by atoms with van der Waals surface area (Å²) in [7, 11) is 0. The Morgan fingerprint density at radius 1 is 1.09 bits per heavy atom. The molecule has 5 heteroatoms. The van der Waals surface area contributed by atoms with Gasteiger partial charge in [0.25, 0.3) is 0 Å². The monoisotopic (exact) mass is 422 g/mol. The Balaban J connectivity index is 0.00000192. The van der Waals surface area contributed by atoms with Gasteiger partial charge in [-0.05, 0) is 36.6 Å². The second-order valence-corrected chi connectivity index (χ2v) is 5.65. The van der Waals surface area contributed by atoms with Gasteiger partial charge in [-0.3, -0.25) is 4.99 Å². The van der Waals surface area contributed by atoms with Crippen LogP contribution in [-0.2, 0) is 0 Å². The van der Waals surface area contributed by atoms with E-state index < -0.39 is 0 Å². The molecule has 1 heterocycles. The number of halogens is 1. The number of benzene rings is 2. The number of guanidine groups is 1. The normalized spacial score (nSPS) is 17.7. The number of nitrogens with zero attached hydrogens (tertiary/aromatic N) is 2. The molecule has 122 valence electrons. The van der Waals surface area contributed by atoms with Gasteiger partial charge in [0.1, 0.15) is 0 Å². The van der Waals surface area contributed by atoms with Gasteiger partial charge in [0, 0.05) is 31.0 Å². The lowest BCUT2D eigenvalue weighted by atomic mass is 10.1. The second-order valence-electron chi connectivity index (χ2n) is 5.65. The number of rotatable bonds is 4. The van der Waals surface area contributed by atoms with E-state index in [-0.39, 0.29) is 24.0 Å². The van der Waals surface area contributed by atoms with E-state index in [0.29, 0.717) is 11.9 Å². The third kappa shape index (κ3) is 5.13. The van der Waals surface area contributed by atoms with Crippen molar-refractivity contribution in [2.75, 3.05) is 29.9 Å². The number of nitrogens with one attached hydrogen (secondary N) is 1. The fraction of sp³-hybridized carbons (Fsp3) is 0.278. The summed E-state index contributed by atoms with van der Waals surface area (Å²) in [4.78, 5) is 6.90. The summed E-state index contributed by atoms with van der Waals surface area (Å²) in [5, 5.41) is 3.12. The number of anilines is 2. The predicted octanol–water partition coefficient (Wildman–Crippen LogP) is 3.56. The van der Waals surface area contributed by atoms with Gasteiger partial charge in [0.15, 0.2) is 5.96 Å². The summed E-state index contributed by atoms with van der Waals surface area (Å²) in [6, 6.07) is 20.4. The van der Waals surface area contributed by atoms with Crippen molar-refractivity contribution < 1.29 is 0 Å². The highest BCUT2D eigenvalue weighted by atomic mass is 127. The third-order valence-electron chi connectivity index (χ3n) is 3.97. The minimum atomic E-state index is 0. The molecule has 1 atom stereocenters. The van der Waals surface area contributed by atoms with Crippen molar-refractivity contribution in [3.05, 3.63) is 60.7 Å². The van der Waals surface area contributed by atoms with Crippen molar-refractivity contribution >= 4 is 41.3 Å². The highest BCUT2D eigenvalue weighted by Gasteiger charge is 2.22. The molecule has 0 aromatic heterocycles. The fourth-order valence-corrected chi connectivity index (χ4v) is 2.79. The van der Waals surface area contributed by atoms with Crippen LogP contribution >= 0.6 is 24.0 Å². The Labute approximate surface area is 154 Å². The molecular weight excluding hydrogens is 399 g/mol. The molecule has 0 amide bonds. The molecule has 2 aromatic carbocycles. The highest BCUT2D eigenvalue weighted by molar-refractivity contribution is 14.0. The number of hydrogen-bond acceptors (Lipinski definition) is 2. The van der Waals surface area contributed by atoms with Gasteiger partial charge in [-0.15, -0.1) is 24.0 Å². The first-order valence-electron chi connectivity index (χ1n) is 7.73. The molecule has 1 aliphatic rings. The lowest BCUT2D eigenvalue weighted by Gasteiger charge is -2.18. The SMILES string of the molecule is I.NC(=NCC1CCN(c2ccccc2)C1)Nc1ccccc1. The topological polar surface area (TPSA) is 53.6 Å². The molecule has 0 saturated carbocycles. The summed E-state index contributed by atoms with van der Waals surface area (Å²) in [6.07, 6.45) is 1.16. The van der Waals surface area contributed by atoms with Crippen molar-refractivity contribution in [2.24, 2.45) is 16.6 Å². The number of hydrogen-bond donors (Lipinski definition) is 2. The molecule has 0 bridgehead atoms. The second kappa shape index (κ2) is 8.76. The maximum atomic E-state index is 5.95. The fourth-order valence-electron chi connectivity index (χ4n) is 2.79. The summed E-state index contributed by atoms with van der Waals surface area (Å²) in [5.74, 6) is 1.06. The van der Waals surface area contributed by atoms with E-state index in [1.807, 2.05) is 30.3 Å². The molecule has 3 N–H and O–H groups in total. The molecule has 1 saturated heterocycles. The maximum Gasteiger partial charge on any atom is 0.193 e. The Morgan fingerprint density at radius 3 is 2.43 bits per heavy atom. The van der Waals surface area contributed by atoms with Gasteiger partial charge in [-0.2, -0.15) is 0 Å². The zero-order valence-corrected chi connectivity index (χ0v) is 15.4. The van der Waals surface area contributed by atoms with E-state index in [1.54, 1.807) is 0 Å². The van der Waals surface area contributed by atoms with Crippen LogP contribution in [-0.4, -0.2) is 25.6 Å². The Bertz CT molecular complexity index is 615. The standard InChI is InChI=1S/C18H22N4.HI/c19-18(21-16-7-3-1-4-8-16)20-13-15-11-12-22(14-15)17-9-5-2-6-10-17;/h1-10,15H,11-14H2,(H3,19,20,21);1H. The summed E-state index contributed by atoms with van der Waals surface area (Å²) >= 11 is 0. The van der Waals surface area contributed by atoms with Crippen LogP contribution in [0.3, 0.4) is 0 Å². The summed E-state index contributed by atoms with van der Waals surface area (Å²) in [5.41, 5.74) is 8.22. The molecular formula is C18H23IN4.